The first-order chi connectivity index (χ1) is 8.13. The van der Waals surface area contributed by atoms with Crippen molar-refractivity contribution in [1.82, 2.24) is 25.1 Å². The molecule has 0 spiro atoms. The Morgan fingerprint density at radius 1 is 1.53 bits per heavy atom. The molecule has 0 bridgehead atoms. The summed E-state index contributed by atoms with van der Waals surface area (Å²) in [5, 5.41) is 11.2. The molecule has 1 aromatic rings. The van der Waals surface area contributed by atoms with Gasteiger partial charge in [-0.2, -0.15) is 0 Å². The van der Waals surface area contributed by atoms with Crippen LogP contribution in [0.15, 0.2) is 5.16 Å². The molecule has 1 saturated heterocycles. The number of carbonyl (C=O) groups is 2. The van der Waals surface area contributed by atoms with E-state index in [1.807, 2.05) is 0 Å². The minimum Gasteiger partial charge on any atom is -0.329 e. The molecule has 0 saturated carbocycles. The van der Waals surface area contributed by atoms with Gasteiger partial charge in [0.25, 0.3) is 0 Å². The maximum Gasteiger partial charge on any atom is 0.243 e. The molecule has 1 unspecified atom stereocenters. The fourth-order valence-corrected chi connectivity index (χ4v) is 2.56. The van der Waals surface area contributed by atoms with Gasteiger partial charge in [0.15, 0.2) is 0 Å². The number of imide groups is 1. The van der Waals surface area contributed by atoms with Crippen molar-refractivity contribution >= 4 is 23.6 Å². The van der Waals surface area contributed by atoms with Gasteiger partial charge in [0.2, 0.25) is 17.0 Å². The highest BCUT2D eigenvalue weighted by molar-refractivity contribution is 8.00. The summed E-state index contributed by atoms with van der Waals surface area (Å²) in [4.78, 5) is 24.2. The number of carbonyl (C=O) groups excluding carboxylic acids is 2. The first kappa shape index (κ1) is 12.0. The third-order valence-electron chi connectivity index (χ3n) is 2.43. The van der Waals surface area contributed by atoms with Gasteiger partial charge in [0.1, 0.15) is 5.25 Å². The molecule has 0 aromatic carbocycles. The zero-order valence-corrected chi connectivity index (χ0v) is 10.1. The Bertz CT molecular complexity index is 447. The topological polar surface area (TPSA) is 107 Å². The van der Waals surface area contributed by atoms with Crippen molar-refractivity contribution in [3.05, 3.63) is 0 Å². The molecule has 2 amide bonds. The Balaban J connectivity index is 2.08. The predicted molar refractivity (Wildman–Crippen MR) is 58.9 cm³/mol. The molecule has 2 rings (SSSR count). The van der Waals surface area contributed by atoms with E-state index in [0.29, 0.717) is 18.2 Å². The number of hydrogen-bond acceptors (Lipinski definition) is 7. The van der Waals surface area contributed by atoms with Crippen molar-refractivity contribution < 1.29 is 9.59 Å². The number of nitrogens with two attached hydrogens (primary N) is 1. The Morgan fingerprint density at radius 2 is 2.29 bits per heavy atom. The molecule has 1 aliphatic heterocycles. The second kappa shape index (κ2) is 4.80. The average Bonchev–Trinajstić information content (AvgIpc) is 2.82. The van der Waals surface area contributed by atoms with E-state index in [9.17, 15) is 9.59 Å². The number of thioether (sulfide) groups is 1. The fourth-order valence-electron chi connectivity index (χ4n) is 1.48. The van der Waals surface area contributed by atoms with Gasteiger partial charge in [0, 0.05) is 20.0 Å². The van der Waals surface area contributed by atoms with Crippen LogP contribution in [0.2, 0.25) is 0 Å². The quantitative estimate of drug-likeness (QED) is 0.652. The summed E-state index contributed by atoms with van der Waals surface area (Å²) in [6.07, 6.45) is 0.190. The largest absolute Gasteiger partial charge is 0.329 e. The van der Waals surface area contributed by atoms with E-state index in [1.165, 1.54) is 23.5 Å². The maximum absolute atomic E-state index is 11.7. The number of nitrogens with zero attached hydrogens (tertiary/aromatic N) is 5. The summed E-state index contributed by atoms with van der Waals surface area (Å²) < 4.78 is 1.53. The van der Waals surface area contributed by atoms with Crippen molar-refractivity contribution in [3.63, 3.8) is 0 Å². The average molecular weight is 256 g/mol. The van der Waals surface area contributed by atoms with Crippen LogP contribution in [0.5, 0.6) is 0 Å². The van der Waals surface area contributed by atoms with Crippen LogP contribution in [0.3, 0.4) is 0 Å². The van der Waals surface area contributed by atoms with Gasteiger partial charge in [0.05, 0.1) is 6.54 Å². The molecule has 2 heterocycles. The van der Waals surface area contributed by atoms with Crippen molar-refractivity contribution in [1.29, 1.82) is 0 Å². The molecular weight excluding hydrogens is 244 g/mol. The minimum atomic E-state index is -0.435. The summed E-state index contributed by atoms with van der Waals surface area (Å²) in [6, 6.07) is 0. The van der Waals surface area contributed by atoms with Gasteiger partial charge in [-0.15, -0.1) is 5.10 Å². The SMILES string of the molecule is CN1C(=O)CC(Sc2nnnn2CCN)C1=O. The minimum absolute atomic E-state index is 0.176. The van der Waals surface area contributed by atoms with E-state index in [2.05, 4.69) is 15.5 Å². The molecule has 1 aliphatic rings. The van der Waals surface area contributed by atoms with Gasteiger partial charge >= 0.3 is 0 Å². The number of rotatable bonds is 4. The zero-order valence-electron chi connectivity index (χ0n) is 9.24. The third kappa shape index (κ3) is 2.29. The first-order valence-corrected chi connectivity index (χ1v) is 5.94. The van der Waals surface area contributed by atoms with Crippen LogP contribution >= 0.6 is 11.8 Å². The number of aromatic nitrogens is 4. The highest BCUT2D eigenvalue weighted by atomic mass is 32.2. The summed E-state index contributed by atoms with van der Waals surface area (Å²) in [6.45, 7) is 0.899. The number of tetrazole rings is 1. The van der Waals surface area contributed by atoms with Gasteiger partial charge in [-0.3, -0.25) is 14.5 Å². The van der Waals surface area contributed by atoms with Crippen molar-refractivity contribution in [2.24, 2.45) is 5.73 Å². The Labute approximate surface area is 102 Å². The molecule has 1 atom stereocenters. The normalized spacial score (nSPS) is 20.4. The monoisotopic (exact) mass is 256 g/mol. The van der Waals surface area contributed by atoms with Crippen LogP contribution in [0.4, 0.5) is 0 Å². The number of hydrogen-bond donors (Lipinski definition) is 1. The Hall–Kier alpha value is -1.48. The summed E-state index contributed by atoms with van der Waals surface area (Å²) >= 11 is 1.20. The van der Waals surface area contributed by atoms with E-state index in [0.717, 1.165) is 4.90 Å². The molecule has 1 fully saturated rings. The highest BCUT2D eigenvalue weighted by Gasteiger charge is 2.37. The van der Waals surface area contributed by atoms with E-state index in [4.69, 9.17) is 5.73 Å². The van der Waals surface area contributed by atoms with Crippen LogP contribution < -0.4 is 5.73 Å². The molecule has 0 radical (unpaired) electrons. The second-order valence-corrected chi connectivity index (χ2v) is 4.74. The van der Waals surface area contributed by atoms with E-state index in [1.54, 1.807) is 0 Å². The highest BCUT2D eigenvalue weighted by Crippen LogP contribution is 2.28. The molecule has 17 heavy (non-hydrogen) atoms. The van der Waals surface area contributed by atoms with Crippen LogP contribution in [0.25, 0.3) is 0 Å². The van der Waals surface area contributed by atoms with Gasteiger partial charge in [-0.25, -0.2) is 4.68 Å². The van der Waals surface area contributed by atoms with Crippen molar-refractivity contribution in [3.8, 4) is 0 Å². The summed E-state index contributed by atoms with van der Waals surface area (Å²) in [5.41, 5.74) is 5.41. The molecule has 0 aliphatic carbocycles. The first-order valence-electron chi connectivity index (χ1n) is 5.06. The van der Waals surface area contributed by atoms with E-state index >= 15 is 0 Å². The standard InChI is InChI=1S/C8H12N6O2S/c1-13-6(15)4-5(7(13)16)17-8-10-11-12-14(8)3-2-9/h5H,2-4,9H2,1H3. The Morgan fingerprint density at radius 3 is 2.88 bits per heavy atom. The second-order valence-electron chi connectivity index (χ2n) is 3.57. The smallest absolute Gasteiger partial charge is 0.243 e. The van der Waals surface area contributed by atoms with Gasteiger partial charge in [-0.1, -0.05) is 11.8 Å². The fraction of sp³-hybridized carbons (Fsp3) is 0.625. The maximum atomic E-state index is 11.7. The van der Waals surface area contributed by atoms with Crippen molar-refractivity contribution in [2.75, 3.05) is 13.6 Å². The zero-order chi connectivity index (χ0) is 12.4. The molecule has 9 heteroatoms. The van der Waals surface area contributed by atoms with Crippen LogP contribution in [-0.2, 0) is 16.1 Å². The van der Waals surface area contributed by atoms with Crippen LogP contribution in [0.1, 0.15) is 6.42 Å². The molecule has 8 nitrogen and oxygen atoms in total. The lowest BCUT2D eigenvalue weighted by Crippen LogP contribution is -2.26. The van der Waals surface area contributed by atoms with Gasteiger partial charge in [-0.05, 0) is 10.4 Å². The van der Waals surface area contributed by atoms with Crippen LogP contribution in [0, 0.1) is 0 Å². The lowest BCUT2D eigenvalue weighted by Gasteiger charge is -2.07. The molecule has 92 valence electrons. The molecule has 1 aromatic heterocycles. The van der Waals surface area contributed by atoms with E-state index < -0.39 is 5.25 Å². The molecular formula is C8H12N6O2S. The summed E-state index contributed by atoms with van der Waals surface area (Å²) in [5.74, 6) is -0.382. The summed E-state index contributed by atoms with van der Waals surface area (Å²) in [7, 11) is 1.48. The van der Waals surface area contributed by atoms with Crippen LogP contribution in [-0.4, -0.2) is 55.8 Å². The van der Waals surface area contributed by atoms with Crippen molar-refractivity contribution in [2.45, 2.75) is 23.4 Å². The lowest BCUT2D eigenvalue weighted by atomic mass is 10.4. The van der Waals surface area contributed by atoms with E-state index in [-0.39, 0.29) is 18.2 Å². The third-order valence-corrected chi connectivity index (χ3v) is 3.58. The predicted octanol–water partition coefficient (Wildman–Crippen LogP) is -1.52. The van der Waals surface area contributed by atoms with Gasteiger partial charge < -0.3 is 5.73 Å². The number of likely N-dealkylation sites (tertiary alicyclic amines) is 1. The Kier molecular flexibility index (Phi) is 3.38. The lowest BCUT2D eigenvalue weighted by molar-refractivity contribution is -0.136. The number of amides is 2. The molecule has 2 N–H and O–H groups in total.